The summed E-state index contributed by atoms with van der Waals surface area (Å²) in [6.07, 6.45) is 4.66. The number of rotatable bonds is 6. The zero-order valence-electron chi connectivity index (χ0n) is 13.6. The summed E-state index contributed by atoms with van der Waals surface area (Å²) in [7, 11) is 1.72. The number of nitrogens with zero attached hydrogens (tertiary/aromatic N) is 4. The number of nitrogens with one attached hydrogen (secondary N) is 1. The van der Waals surface area contributed by atoms with Gasteiger partial charge in [0, 0.05) is 51.7 Å². The first-order valence-corrected chi connectivity index (χ1v) is 7.93. The lowest BCUT2D eigenvalue weighted by atomic mass is 10.3. The Morgan fingerprint density at radius 1 is 1.36 bits per heavy atom. The van der Waals surface area contributed by atoms with Gasteiger partial charge in [-0.3, -0.25) is 9.58 Å². The van der Waals surface area contributed by atoms with Crippen LogP contribution in [0.3, 0.4) is 0 Å². The Balaban J connectivity index is 1.74. The van der Waals surface area contributed by atoms with Crippen LogP contribution in [0.15, 0.2) is 18.5 Å². The quantitative estimate of drug-likeness (QED) is 0.837. The second-order valence-corrected chi connectivity index (χ2v) is 5.75. The minimum absolute atomic E-state index is 0.0215. The summed E-state index contributed by atoms with van der Waals surface area (Å²) in [5, 5.41) is 7.22. The molecule has 0 radical (unpaired) electrons. The highest BCUT2D eigenvalue weighted by molar-refractivity contribution is 5.74. The maximum Gasteiger partial charge on any atom is 0.317 e. The molecule has 0 aliphatic carbocycles. The van der Waals surface area contributed by atoms with E-state index in [9.17, 15) is 4.79 Å². The first-order valence-electron chi connectivity index (χ1n) is 7.93. The van der Waals surface area contributed by atoms with Gasteiger partial charge >= 0.3 is 6.03 Å². The Labute approximate surface area is 132 Å². The third kappa shape index (κ3) is 5.31. The maximum absolute atomic E-state index is 12.4. The summed E-state index contributed by atoms with van der Waals surface area (Å²) in [4.78, 5) is 16.6. The molecule has 1 fully saturated rings. The number of carbonyl (C=O) groups is 1. The molecule has 0 aromatic carbocycles. The smallest absolute Gasteiger partial charge is 0.317 e. The van der Waals surface area contributed by atoms with E-state index in [4.69, 9.17) is 4.74 Å². The predicted octanol–water partition coefficient (Wildman–Crippen LogP) is 0.635. The van der Waals surface area contributed by atoms with Crippen molar-refractivity contribution in [3.63, 3.8) is 0 Å². The summed E-state index contributed by atoms with van der Waals surface area (Å²) in [6, 6.07) is 1.96. The Kier molecular flexibility index (Phi) is 6.67. The maximum atomic E-state index is 12.4. The summed E-state index contributed by atoms with van der Waals surface area (Å²) >= 11 is 0. The lowest BCUT2D eigenvalue weighted by Gasteiger charge is -2.24. The Morgan fingerprint density at radius 3 is 2.95 bits per heavy atom. The van der Waals surface area contributed by atoms with Crippen LogP contribution in [0.5, 0.6) is 0 Å². The number of amides is 2. The van der Waals surface area contributed by atoms with Crippen LogP contribution in [0.1, 0.15) is 13.3 Å². The molecule has 2 amide bonds. The molecule has 1 aromatic rings. The van der Waals surface area contributed by atoms with Gasteiger partial charge < -0.3 is 15.0 Å². The highest BCUT2D eigenvalue weighted by Crippen LogP contribution is 2.04. The van der Waals surface area contributed by atoms with Gasteiger partial charge in [0.2, 0.25) is 0 Å². The van der Waals surface area contributed by atoms with Gasteiger partial charge in [0.15, 0.2) is 0 Å². The Bertz CT molecular complexity index is 437. The van der Waals surface area contributed by atoms with Crippen molar-refractivity contribution in [2.24, 2.45) is 0 Å². The molecule has 1 aromatic heterocycles. The van der Waals surface area contributed by atoms with Gasteiger partial charge in [-0.15, -0.1) is 0 Å². The molecule has 1 N–H and O–H groups in total. The van der Waals surface area contributed by atoms with Gasteiger partial charge in [-0.1, -0.05) is 0 Å². The lowest BCUT2D eigenvalue weighted by Crippen LogP contribution is -2.46. The largest absolute Gasteiger partial charge is 0.383 e. The van der Waals surface area contributed by atoms with Crippen LogP contribution >= 0.6 is 0 Å². The van der Waals surface area contributed by atoms with Crippen molar-refractivity contribution in [2.45, 2.75) is 25.9 Å². The predicted molar refractivity (Wildman–Crippen MR) is 84.7 cm³/mol. The van der Waals surface area contributed by atoms with Crippen molar-refractivity contribution in [1.82, 2.24) is 24.9 Å². The van der Waals surface area contributed by atoms with E-state index in [-0.39, 0.29) is 12.1 Å². The van der Waals surface area contributed by atoms with Crippen LogP contribution in [-0.2, 0) is 11.3 Å². The van der Waals surface area contributed by atoms with E-state index < -0.39 is 0 Å². The Morgan fingerprint density at radius 2 is 2.23 bits per heavy atom. The number of carbonyl (C=O) groups excluding carboxylic acids is 1. The molecule has 0 bridgehead atoms. The fraction of sp³-hybridized carbons (Fsp3) is 0.733. The lowest BCUT2D eigenvalue weighted by molar-refractivity contribution is 0.149. The van der Waals surface area contributed by atoms with Gasteiger partial charge in [-0.25, -0.2) is 4.79 Å². The van der Waals surface area contributed by atoms with E-state index in [0.29, 0.717) is 6.54 Å². The van der Waals surface area contributed by atoms with Gasteiger partial charge in [-0.05, 0) is 26.0 Å². The number of hydrogen-bond acceptors (Lipinski definition) is 4. The van der Waals surface area contributed by atoms with Crippen molar-refractivity contribution < 1.29 is 9.53 Å². The molecule has 1 saturated heterocycles. The summed E-state index contributed by atoms with van der Waals surface area (Å²) in [5.74, 6) is 0. The van der Waals surface area contributed by atoms with Crippen LogP contribution in [-0.4, -0.2) is 78.1 Å². The normalized spacial score (nSPS) is 18.0. The molecule has 1 aliphatic heterocycles. The second kappa shape index (κ2) is 8.75. The van der Waals surface area contributed by atoms with Crippen LogP contribution in [0.2, 0.25) is 0 Å². The number of aromatic nitrogens is 2. The van der Waals surface area contributed by atoms with Gasteiger partial charge in [0.05, 0.1) is 13.2 Å². The molecule has 0 saturated carbocycles. The summed E-state index contributed by atoms with van der Waals surface area (Å²) in [5.41, 5.74) is 0. The zero-order chi connectivity index (χ0) is 15.8. The van der Waals surface area contributed by atoms with E-state index in [1.54, 1.807) is 13.3 Å². The molecule has 1 unspecified atom stereocenters. The van der Waals surface area contributed by atoms with Crippen molar-refractivity contribution in [3.05, 3.63) is 18.5 Å². The minimum Gasteiger partial charge on any atom is -0.383 e. The average Bonchev–Trinajstić information content (AvgIpc) is 2.87. The van der Waals surface area contributed by atoms with E-state index in [1.807, 2.05) is 28.8 Å². The molecular weight excluding hydrogens is 282 g/mol. The Hall–Kier alpha value is -1.60. The molecule has 1 aliphatic rings. The van der Waals surface area contributed by atoms with E-state index >= 15 is 0 Å². The average molecular weight is 309 g/mol. The fourth-order valence-electron chi connectivity index (χ4n) is 2.65. The van der Waals surface area contributed by atoms with Gasteiger partial charge in [0.25, 0.3) is 0 Å². The molecule has 2 heterocycles. The third-order valence-corrected chi connectivity index (χ3v) is 3.88. The first kappa shape index (κ1) is 16.8. The molecule has 7 nitrogen and oxygen atoms in total. The number of urea groups is 1. The highest BCUT2D eigenvalue weighted by atomic mass is 16.5. The van der Waals surface area contributed by atoms with Crippen LogP contribution in [0.25, 0.3) is 0 Å². The summed E-state index contributed by atoms with van der Waals surface area (Å²) < 4.78 is 6.95. The SMILES string of the molecule is COCCN1CCCN(C(=O)NC(C)Cn2cccn2)CC1. The third-order valence-electron chi connectivity index (χ3n) is 3.88. The van der Waals surface area contributed by atoms with Crippen LogP contribution in [0, 0.1) is 0 Å². The fourth-order valence-corrected chi connectivity index (χ4v) is 2.65. The van der Waals surface area contributed by atoms with Crippen molar-refractivity contribution in [2.75, 3.05) is 46.4 Å². The number of methoxy groups -OCH3 is 1. The molecule has 124 valence electrons. The van der Waals surface area contributed by atoms with E-state index in [2.05, 4.69) is 15.3 Å². The molecule has 2 rings (SSSR count). The molecule has 1 atom stereocenters. The van der Waals surface area contributed by atoms with Crippen LogP contribution in [0.4, 0.5) is 4.79 Å². The molecule has 22 heavy (non-hydrogen) atoms. The minimum atomic E-state index is 0.0215. The molecule has 0 spiro atoms. The highest BCUT2D eigenvalue weighted by Gasteiger charge is 2.20. The van der Waals surface area contributed by atoms with Gasteiger partial charge in [0.1, 0.15) is 0 Å². The first-order chi connectivity index (χ1) is 10.7. The zero-order valence-corrected chi connectivity index (χ0v) is 13.6. The molecular formula is C15H27N5O2. The molecule has 7 heteroatoms. The number of ether oxygens (including phenoxy) is 1. The van der Waals surface area contributed by atoms with Crippen LogP contribution < -0.4 is 5.32 Å². The van der Waals surface area contributed by atoms with Crippen molar-refractivity contribution in [3.8, 4) is 0 Å². The standard InChI is InChI=1S/C15H27N5O2/c1-14(13-20-8-3-5-16-20)17-15(21)19-7-4-6-18(9-10-19)11-12-22-2/h3,5,8,14H,4,6-7,9-13H2,1-2H3,(H,17,21). The van der Waals surface area contributed by atoms with Crippen molar-refractivity contribution in [1.29, 1.82) is 0 Å². The topological polar surface area (TPSA) is 62.6 Å². The van der Waals surface area contributed by atoms with Gasteiger partial charge in [-0.2, -0.15) is 5.10 Å². The number of hydrogen-bond donors (Lipinski definition) is 1. The van der Waals surface area contributed by atoms with E-state index in [1.165, 1.54) is 0 Å². The van der Waals surface area contributed by atoms with Crippen molar-refractivity contribution >= 4 is 6.03 Å². The van der Waals surface area contributed by atoms with E-state index in [0.717, 1.165) is 45.8 Å². The summed E-state index contributed by atoms with van der Waals surface area (Å²) in [6.45, 7) is 7.87. The monoisotopic (exact) mass is 309 g/mol. The second-order valence-electron chi connectivity index (χ2n) is 5.75.